The average Bonchev–Trinajstić information content (AvgIpc) is 2.65. The van der Waals surface area contributed by atoms with Crippen LogP contribution in [-0.4, -0.2) is 16.7 Å². The average molecular weight is 376 g/mol. The van der Waals surface area contributed by atoms with Crippen LogP contribution in [0.2, 0.25) is 0 Å². The Hall–Kier alpha value is -2.92. The summed E-state index contributed by atoms with van der Waals surface area (Å²) in [6.45, 7) is 5.63. The number of carbonyl (C=O) groups excluding carboxylic acids is 2. The third kappa shape index (κ3) is 4.63. The number of hydrogen-bond acceptors (Lipinski definition) is 4. The number of amides is 1. The molecule has 3 rings (SSSR count). The van der Waals surface area contributed by atoms with Gasteiger partial charge in [-0.2, -0.15) is 0 Å². The van der Waals surface area contributed by atoms with Crippen molar-refractivity contribution in [2.45, 2.75) is 30.7 Å². The maximum absolute atomic E-state index is 12.8. The molecule has 0 atom stereocenters. The second-order valence-electron chi connectivity index (χ2n) is 6.30. The van der Waals surface area contributed by atoms with Crippen molar-refractivity contribution in [2.24, 2.45) is 0 Å². The van der Waals surface area contributed by atoms with E-state index >= 15 is 0 Å². The van der Waals surface area contributed by atoms with Crippen LogP contribution in [0.25, 0.3) is 0 Å². The Morgan fingerprint density at radius 1 is 0.963 bits per heavy atom. The van der Waals surface area contributed by atoms with Crippen LogP contribution < -0.4 is 5.32 Å². The van der Waals surface area contributed by atoms with Gasteiger partial charge in [-0.15, -0.1) is 0 Å². The first kappa shape index (κ1) is 18.9. The number of pyridine rings is 1. The molecule has 0 radical (unpaired) electrons. The normalized spacial score (nSPS) is 10.5. The lowest BCUT2D eigenvalue weighted by Gasteiger charge is -2.10. The monoisotopic (exact) mass is 376 g/mol. The van der Waals surface area contributed by atoms with E-state index in [2.05, 4.69) is 36.3 Å². The van der Waals surface area contributed by atoms with Crippen molar-refractivity contribution < 1.29 is 9.59 Å². The molecule has 0 saturated heterocycles. The van der Waals surface area contributed by atoms with E-state index in [0.717, 1.165) is 4.90 Å². The van der Waals surface area contributed by atoms with Gasteiger partial charge in [-0.25, -0.2) is 4.98 Å². The van der Waals surface area contributed by atoms with Crippen LogP contribution in [0.5, 0.6) is 0 Å². The minimum absolute atomic E-state index is 0.0431. The maximum atomic E-state index is 12.8. The number of aryl methyl sites for hydroxylation is 2. The summed E-state index contributed by atoms with van der Waals surface area (Å²) in [6.07, 6.45) is 1.68. The Bertz CT molecular complexity index is 1010. The number of ketones is 1. The number of anilines is 1. The van der Waals surface area contributed by atoms with Crippen molar-refractivity contribution >= 4 is 29.1 Å². The molecule has 4 nitrogen and oxygen atoms in total. The quantitative estimate of drug-likeness (QED) is 0.614. The highest BCUT2D eigenvalue weighted by molar-refractivity contribution is 7.99. The summed E-state index contributed by atoms with van der Waals surface area (Å²) in [6, 6.07) is 16.6. The minimum Gasteiger partial charge on any atom is -0.322 e. The molecule has 5 heteroatoms. The van der Waals surface area contributed by atoms with Crippen molar-refractivity contribution in [3.8, 4) is 0 Å². The molecule has 0 aliphatic rings. The molecule has 3 aromatic rings. The first-order chi connectivity index (χ1) is 12.9. The summed E-state index contributed by atoms with van der Waals surface area (Å²) >= 11 is 1.46. The standard InChI is InChI=1S/C22H20N2O2S/c1-14-9-10-19(12-15(14)2)27-22-20(8-5-11-23-22)21(26)24-18-7-4-6-17(13-18)16(3)25/h4-13H,1-3H3,(H,24,26). The lowest BCUT2D eigenvalue weighted by Crippen LogP contribution is -2.14. The fraction of sp³-hybridized carbons (Fsp3) is 0.136. The van der Waals surface area contributed by atoms with Crippen molar-refractivity contribution in [3.63, 3.8) is 0 Å². The number of carbonyl (C=O) groups is 2. The fourth-order valence-electron chi connectivity index (χ4n) is 2.55. The first-order valence-electron chi connectivity index (χ1n) is 8.56. The zero-order valence-corrected chi connectivity index (χ0v) is 16.3. The Kier molecular flexibility index (Phi) is 5.72. The van der Waals surface area contributed by atoms with E-state index in [9.17, 15) is 9.59 Å². The second-order valence-corrected chi connectivity index (χ2v) is 7.36. The van der Waals surface area contributed by atoms with Crippen LogP contribution in [-0.2, 0) is 0 Å². The molecule has 1 heterocycles. The topological polar surface area (TPSA) is 59.1 Å². The molecule has 0 saturated carbocycles. The predicted octanol–water partition coefficient (Wildman–Crippen LogP) is 5.30. The molecule has 136 valence electrons. The molecule has 0 aliphatic heterocycles. The lowest BCUT2D eigenvalue weighted by atomic mass is 10.1. The van der Waals surface area contributed by atoms with E-state index in [1.54, 1.807) is 42.6 Å². The molecular formula is C22H20N2O2S. The molecule has 0 fully saturated rings. The van der Waals surface area contributed by atoms with E-state index in [4.69, 9.17) is 0 Å². The molecule has 0 bridgehead atoms. The molecular weight excluding hydrogens is 356 g/mol. The van der Waals surface area contributed by atoms with Crippen LogP contribution >= 0.6 is 11.8 Å². The highest BCUT2D eigenvalue weighted by Gasteiger charge is 2.14. The Morgan fingerprint density at radius 3 is 2.52 bits per heavy atom. The van der Waals surface area contributed by atoms with Crippen molar-refractivity contribution in [1.29, 1.82) is 0 Å². The van der Waals surface area contributed by atoms with Crippen LogP contribution in [0, 0.1) is 13.8 Å². The summed E-state index contributed by atoms with van der Waals surface area (Å²) < 4.78 is 0. The number of nitrogens with zero attached hydrogens (tertiary/aromatic N) is 1. The van der Waals surface area contributed by atoms with Crippen LogP contribution in [0.4, 0.5) is 5.69 Å². The molecule has 0 unspecified atom stereocenters. The van der Waals surface area contributed by atoms with Crippen LogP contribution in [0.3, 0.4) is 0 Å². The van der Waals surface area contributed by atoms with Gasteiger partial charge in [0, 0.05) is 22.3 Å². The number of rotatable bonds is 5. The SMILES string of the molecule is CC(=O)c1cccc(NC(=O)c2cccnc2Sc2ccc(C)c(C)c2)c1. The number of Topliss-reactive ketones (excluding diaryl/α,β-unsaturated/α-hetero) is 1. The number of nitrogens with one attached hydrogen (secondary N) is 1. The number of hydrogen-bond donors (Lipinski definition) is 1. The second kappa shape index (κ2) is 8.18. The summed E-state index contributed by atoms with van der Waals surface area (Å²) in [7, 11) is 0. The van der Waals surface area contributed by atoms with E-state index < -0.39 is 0 Å². The molecule has 2 aromatic carbocycles. The number of aromatic nitrogens is 1. The van der Waals surface area contributed by atoms with Crippen molar-refractivity contribution in [3.05, 3.63) is 83.0 Å². The van der Waals surface area contributed by atoms with Gasteiger partial charge in [0.1, 0.15) is 5.03 Å². The zero-order chi connectivity index (χ0) is 19.4. The highest BCUT2D eigenvalue weighted by atomic mass is 32.2. The van der Waals surface area contributed by atoms with Crippen molar-refractivity contribution in [1.82, 2.24) is 4.98 Å². The Balaban J connectivity index is 1.84. The van der Waals surface area contributed by atoms with Gasteiger partial charge in [-0.1, -0.05) is 30.0 Å². The summed E-state index contributed by atoms with van der Waals surface area (Å²) in [5.74, 6) is -0.298. The third-order valence-corrected chi connectivity index (χ3v) is 5.24. The van der Waals surface area contributed by atoms with Gasteiger partial charge in [0.2, 0.25) is 0 Å². The van der Waals surface area contributed by atoms with Gasteiger partial charge in [-0.05, 0) is 68.3 Å². The molecule has 0 aliphatic carbocycles. The fourth-order valence-corrected chi connectivity index (χ4v) is 3.53. The predicted molar refractivity (Wildman–Crippen MR) is 109 cm³/mol. The van der Waals surface area contributed by atoms with Gasteiger partial charge < -0.3 is 5.32 Å². The van der Waals surface area contributed by atoms with Gasteiger partial charge in [0.15, 0.2) is 5.78 Å². The first-order valence-corrected chi connectivity index (χ1v) is 9.38. The lowest BCUT2D eigenvalue weighted by molar-refractivity contribution is 0.101. The molecule has 1 aromatic heterocycles. The smallest absolute Gasteiger partial charge is 0.258 e. The summed E-state index contributed by atoms with van der Waals surface area (Å²) in [4.78, 5) is 29.7. The summed E-state index contributed by atoms with van der Waals surface area (Å²) in [5, 5.41) is 3.50. The zero-order valence-electron chi connectivity index (χ0n) is 15.4. The third-order valence-electron chi connectivity index (χ3n) is 4.24. The molecule has 27 heavy (non-hydrogen) atoms. The van der Waals surface area contributed by atoms with Gasteiger partial charge >= 0.3 is 0 Å². The Labute approximate surface area is 163 Å². The van der Waals surface area contributed by atoms with Gasteiger partial charge in [0.05, 0.1) is 5.56 Å². The van der Waals surface area contributed by atoms with E-state index in [0.29, 0.717) is 21.8 Å². The van der Waals surface area contributed by atoms with Crippen LogP contribution in [0.1, 0.15) is 38.8 Å². The molecule has 1 N–H and O–H groups in total. The molecule has 1 amide bonds. The van der Waals surface area contributed by atoms with Crippen molar-refractivity contribution in [2.75, 3.05) is 5.32 Å². The van der Waals surface area contributed by atoms with E-state index in [-0.39, 0.29) is 11.7 Å². The van der Waals surface area contributed by atoms with Crippen LogP contribution in [0.15, 0.2) is 70.7 Å². The van der Waals surface area contributed by atoms with Gasteiger partial charge in [0.25, 0.3) is 5.91 Å². The van der Waals surface area contributed by atoms with E-state index in [1.807, 2.05) is 6.07 Å². The minimum atomic E-state index is -0.255. The largest absolute Gasteiger partial charge is 0.322 e. The Morgan fingerprint density at radius 2 is 1.78 bits per heavy atom. The highest BCUT2D eigenvalue weighted by Crippen LogP contribution is 2.30. The molecule has 0 spiro atoms. The number of benzene rings is 2. The summed E-state index contributed by atoms with van der Waals surface area (Å²) in [5.41, 5.74) is 4.06. The van der Waals surface area contributed by atoms with Gasteiger partial charge in [-0.3, -0.25) is 9.59 Å². The maximum Gasteiger partial charge on any atom is 0.258 e. The van der Waals surface area contributed by atoms with E-state index in [1.165, 1.54) is 29.8 Å².